The molecule has 1 aromatic heterocycles. The predicted octanol–water partition coefficient (Wildman–Crippen LogP) is 4.30. The summed E-state index contributed by atoms with van der Waals surface area (Å²) in [7, 11) is 3.48. The quantitative estimate of drug-likeness (QED) is 0.245. The number of hydrazone groups is 1. The van der Waals surface area contributed by atoms with Crippen molar-refractivity contribution in [3.8, 4) is 12.3 Å². The Balaban J connectivity index is 1.97. The van der Waals surface area contributed by atoms with Crippen molar-refractivity contribution < 1.29 is 14.0 Å². The zero-order valence-corrected chi connectivity index (χ0v) is 18.5. The van der Waals surface area contributed by atoms with Gasteiger partial charge in [-0.15, -0.1) is 6.42 Å². The molecule has 1 heterocycles. The Kier molecular flexibility index (Phi) is 7.38. The van der Waals surface area contributed by atoms with Crippen molar-refractivity contribution in [3.05, 3.63) is 82.3 Å². The van der Waals surface area contributed by atoms with Crippen LogP contribution in [0.2, 0.25) is 5.02 Å². The number of carbonyl (C=O) groups is 2. The fourth-order valence-corrected chi connectivity index (χ4v) is 3.03. The maximum atomic E-state index is 14.9. The van der Waals surface area contributed by atoms with Gasteiger partial charge in [0.25, 0.3) is 5.91 Å². The third-order valence-corrected chi connectivity index (χ3v) is 4.64. The average Bonchev–Trinajstić information content (AvgIpc) is 2.80. The highest BCUT2D eigenvalue weighted by atomic mass is 35.5. The van der Waals surface area contributed by atoms with Crippen LogP contribution in [0.1, 0.15) is 21.5 Å². The molecule has 0 saturated heterocycles. The van der Waals surface area contributed by atoms with Gasteiger partial charge in [0, 0.05) is 30.9 Å². The first-order valence-electron chi connectivity index (χ1n) is 9.61. The molecule has 1 N–H and O–H groups in total. The first-order valence-corrected chi connectivity index (χ1v) is 9.99. The van der Waals surface area contributed by atoms with Crippen LogP contribution in [-0.2, 0) is 4.79 Å². The van der Waals surface area contributed by atoms with Crippen molar-refractivity contribution in [2.24, 2.45) is 5.10 Å². The highest BCUT2D eigenvalue weighted by Gasteiger charge is 2.21. The van der Waals surface area contributed by atoms with Crippen LogP contribution in [0.3, 0.4) is 0 Å². The molecule has 2 aromatic carbocycles. The van der Waals surface area contributed by atoms with Gasteiger partial charge in [-0.05, 0) is 48.0 Å². The third kappa shape index (κ3) is 5.73. The first kappa shape index (κ1) is 23.4. The molecular weight excluding hydrogens is 445 g/mol. The van der Waals surface area contributed by atoms with Crippen LogP contribution < -0.4 is 10.2 Å². The summed E-state index contributed by atoms with van der Waals surface area (Å²) >= 11 is 6.09. The summed E-state index contributed by atoms with van der Waals surface area (Å²) in [6.07, 6.45) is 8.65. The van der Waals surface area contributed by atoms with Gasteiger partial charge in [0.05, 0.1) is 23.2 Å². The van der Waals surface area contributed by atoms with E-state index in [0.717, 1.165) is 4.90 Å². The Labute approximate surface area is 195 Å². The van der Waals surface area contributed by atoms with Crippen molar-refractivity contribution >= 4 is 47.3 Å². The monoisotopic (exact) mass is 463 g/mol. The summed E-state index contributed by atoms with van der Waals surface area (Å²) in [5.74, 6) is 1.43. The number of anilines is 3. The fourth-order valence-electron chi connectivity index (χ4n) is 2.86. The zero-order valence-electron chi connectivity index (χ0n) is 17.8. The first-order chi connectivity index (χ1) is 15.8. The fraction of sp³-hybridized carbons (Fsp3) is 0.0833. The average molecular weight is 464 g/mol. The van der Waals surface area contributed by atoms with Gasteiger partial charge in [-0.2, -0.15) is 5.10 Å². The summed E-state index contributed by atoms with van der Waals surface area (Å²) < 4.78 is 14.9. The van der Waals surface area contributed by atoms with E-state index in [1.807, 2.05) is 0 Å². The second-order valence-electron chi connectivity index (χ2n) is 6.97. The van der Waals surface area contributed by atoms with E-state index in [9.17, 15) is 14.0 Å². The molecule has 9 heteroatoms. The van der Waals surface area contributed by atoms with E-state index in [1.54, 1.807) is 37.3 Å². The Morgan fingerprint density at radius 1 is 1.18 bits per heavy atom. The Hall–Kier alpha value is -4.22. The van der Waals surface area contributed by atoms with Crippen LogP contribution in [0.5, 0.6) is 0 Å². The van der Waals surface area contributed by atoms with Crippen LogP contribution in [-0.4, -0.2) is 42.6 Å². The molecule has 3 aromatic rings. The summed E-state index contributed by atoms with van der Waals surface area (Å²) in [6, 6.07) is 11.8. The Morgan fingerprint density at radius 2 is 1.94 bits per heavy atom. The second-order valence-corrected chi connectivity index (χ2v) is 7.41. The van der Waals surface area contributed by atoms with Crippen molar-refractivity contribution in [2.45, 2.75) is 0 Å². The maximum absolute atomic E-state index is 14.9. The molecule has 0 bridgehead atoms. The molecule has 33 heavy (non-hydrogen) atoms. The highest BCUT2D eigenvalue weighted by molar-refractivity contribution is 6.31. The molecule has 0 saturated carbocycles. The highest BCUT2D eigenvalue weighted by Crippen LogP contribution is 2.32. The van der Waals surface area contributed by atoms with E-state index in [0.29, 0.717) is 17.5 Å². The minimum atomic E-state index is -0.669. The number of pyridine rings is 1. The minimum Gasteiger partial charge on any atom is -0.306 e. The molecule has 0 fully saturated rings. The van der Waals surface area contributed by atoms with Crippen molar-refractivity contribution in [3.63, 3.8) is 0 Å². The van der Waals surface area contributed by atoms with Crippen LogP contribution in [0.15, 0.2) is 59.8 Å². The summed E-state index contributed by atoms with van der Waals surface area (Å²) in [6.45, 7) is 0. The maximum Gasteiger partial charge on any atom is 0.259 e. The summed E-state index contributed by atoms with van der Waals surface area (Å²) in [4.78, 5) is 30.1. The molecule has 3 rings (SSSR count). The van der Waals surface area contributed by atoms with E-state index in [4.69, 9.17) is 18.0 Å². The number of nitrogens with one attached hydrogen (secondary N) is 1. The smallest absolute Gasteiger partial charge is 0.259 e. The molecule has 2 amide bonds. The van der Waals surface area contributed by atoms with Gasteiger partial charge < -0.3 is 10.3 Å². The second kappa shape index (κ2) is 10.4. The van der Waals surface area contributed by atoms with Crippen LogP contribution in [0, 0.1) is 18.2 Å². The number of nitrogens with zero attached hydrogens (tertiary/aromatic N) is 4. The lowest BCUT2D eigenvalue weighted by Crippen LogP contribution is -2.22. The van der Waals surface area contributed by atoms with Gasteiger partial charge in [-0.3, -0.25) is 14.5 Å². The van der Waals surface area contributed by atoms with Crippen molar-refractivity contribution in [2.75, 3.05) is 24.3 Å². The number of rotatable bonds is 7. The molecular formula is C24H19ClFN5O2. The SMILES string of the molecule is C#Cc1ccc(NC(=O)c2cc(Cl)ccc2N(C=O)c2ccc(C=NN(C)C)cc2F)nc1. The van der Waals surface area contributed by atoms with Gasteiger partial charge in [0.15, 0.2) is 0 Å². The molecule has 0 radical (unpaired) electrons. The molecule has 7 nitrogen and oxygen atoms in total. The van der Waals surface area contributed by atoms with Crippen LogP contribution >= 0.6 is 11.6 Å². The normalized spacial score (nSPS) is 10.5. The van der Waals surface area contributed by atoms with Gasteiger partial charge in [0.2, 0.25) is 6.41 Å². The van der Waals surface area contributed by atoms with E-state index >= 15 is 0 Å². The third-order valence-electron chi connectivity index (χ3n) is 4.41. The predicted molar refractivity (Wildman–Crippen MR) is 127 cm³/mol. The lowest BCUT2D eigenvalue weighted by molar-refractivity contribution is -0.106. The molecule has 0 unspecified atom stereocenters. The van der Waals surface area contributed by atoms with Crippen LogP contribution in [0.25, 0.3) is 0 Å². The lowest BCUT2D eigenvalue weighted by atomic mass is 10.1. The van der Waals surface area contributed by atoms with Crippen molar-refractivity contribution in [1.82, 2.24) is 9.99 Å². The standard InChI is InChI=1S/C24H19ClFN5O2/c1-4-16-6-10-23(27-13-16)29-24(33)19-12-18(25)7-9-21(19)31(15-32)22-8-5-17(11-20(22)26)14-28-30(2)3/h1,5-15H,2-3H3,(H,27,29,33). The van der Waals surface area contributed by atoms with Gasteiger partial charge >= 0.3 is 0 Å². The van der Waals surface area contributed by atoms with Gasteiger partial charge in [-0.1, -0.05) is 23.6 Å². The Morgan fingerprint density at radius 3 is 2.55 bits per heavy atom. The summed E-state index contributed by atoms with van der Waals surface area (Å²) in [5.41, 5.74) is 1.21. The number of hydrogen-bond donors (Lipinski definition) is 1. The van der Waals surface area contributed by atoms with Crippen molar-refractivity contribution in [1.29, 1.82) is 0 Å². The largest absolute Gasteiger partial charge is 0.306 e. The number of hydrogen-bond acceptors (Lipinski definition) is 5. The summed E-state index contributed by atoms with van der Waals surface area (Å²) in [5, 5.41) is 8.52. The van der Waals surface area contributed by atoms with E-state index in [-0.39, 0.29) is 27.8 Å². The topological polar surface area (TPSA) is 77.9 Å². The van der Waals surface area contributed by atoms with Gasteiger partial charge in [0.1, 0.15) is 11.6 Å². The molecule has 166 valence electrons. The number of halogens is 2. The minimum absolute atomic E-state index is 0.0418. The number of amides is 2. The number of terminal acetylenes is 1. The molecule has 0 aliphatic heterocycles. The Bertz CT molecular complexity index is 1250. The number of benzene rings is 2. The van der Waals surface area contributed by atoms with Crippen LogP contribution in [0.4, 0.5) is 21.6 Å². The molecule has 0 spiro atoms. The lowest BCUT2D eigenvalue weighted by Gasteiger charge is -2.21. The van der Waals surface area contributed by atoms with E-state index in [1.165, 1.54) is 42.7 Å². The molecule has 0 aliphatic rings. The zero-order chi connectivity index (χ0) is 24.0. The molecule has 0 atom stereocenters. The number of aromatic nitrogens is 1. The van der Waals surface area contributed by atoms with Gasteiger partial charge in [-0.25, -0.2) is 9.37 Å². The van der Waals surface area contributed by atoms with E-state index < -0.39 is 11.7 Å². The number of carbonyl (C=O) groups excluding carboxylic acids is 2. The molecule has 0 aliphatic carbocycles. The van der Waals surface area contributed by atoms with E-state index in [2.05, 4.69) is 21.3 Å².